The maximum atomic E-state index is 5.23. The molecule has 0 unspecified atom stereocenters. The molecule has 0 spiro atoms. The van der Waals surface area contributed by atoms with Gasteiger partial charge in [-0.1, -0.05) is 31.4 Å². The maximum absolute atomic E-state index is 5.23. The molecule has 0 fully saturated rings. The molecule has 0 radical (unpaired) electrons. The van der Waals surface area contributed by atoms with Crippen molar-refractivity contribution in [2.24, 2.45) is 0 Å². The van der Waals surface area contributed by atoms with Crippen molar-refractivity contribution in [2.75, 3.05) is 30.4 Å². The minimum atomic E-state index is 0.819. The molecular weight excluding hydrogens is 212 g/mol. The number of rotatable bonds is 5. The van der Waals surface area contributed by atoms with E-state index in [9.17, 15) is 0 Å². The Morgan fingerprint density at radius 2 is 1.86 bits per heavy atom. The van der Waals surface area contributed by atoms with Gasteiger partial charge in [-0.3, -0.25) is 0 Å². The van der Waals surface area contributed by atoms with Crippen molar-refractivity contribution in [3.05, 3.63) is 9.02 Å². The van der Waals surface area contributed by atoms with Crippen molar-refractivity contribution in [2.45, 2.75) is 20.3 Å². The first kappa shape index (κ1) is 11.6. The highest BCUT2D eigenvalue weighted by atomic mass is 32.1. The minimum absolute atomic E-state index is 0.819. The number of nitrogens with zero attached hydrogens (tertiary/aromatic N) is 1. The van der Waals surface area contributed by atoms with Crippen molar-refractivity contribution in [1.29, 1.82) is 0 Å². The number of hydrogen-bond acceptors (Lipinski definition) is 4. The van der Waals surface area contributed by atoms with Crippen LogP contribution in [0.1, 0.15) is 20.3 Å². The quantitative estimate of drug-likeness (QED) is 0.777. The average Bonchev–Trinajstić information content (AvgIpc) is 2.17. The van der Waals surface area contributed by atoms with Crippen molar-refractivity contribution in [1.82, 2.24) is 0 Å². The highest BCUT2D eigenvalue weighted by Crippen LogP contribution is 2.34. The molecule has 0 aliphatic heterocycles. The Morgan fingerprint density at radius 1 is 1.21 bits per heavy atom. The third-order valence-electron chi connectivity index (χ3n) is 2.18. The van der Waals surface area contributed by atoms with E-state index in [-0.39, 0.29) is 0 Å². The summed E-state index contributed by atoms with van der Waals surface area (Å²) < 4.78 is 1.66. The molecule has 1 aromatic carbocycles. The van der Waals surface area contributed by atoms with E-state index in [0.29, 0.717) is 0 Å². The summed E-state index contributed by atoms with van der Waals surface area (Å²) in [5.41, 5.74) is 2.18. The highest BCUT2D eigenvalue weighted by Gasteiger charge is 2.16. The van der Waals surface area contributed by atoms with Crippen LogP contribution < -0.4 is 10.2 Å². The summed E-state index contributed by atoms with van der Waals surface area (Å²) in [6.07, 6.45) is 1.12. The molecule has 78 valence electrons. The van der Waals surface area contributed by atoms with Gasteiger partial charge in [0.15, 0.2) is 0 Å². The zero-order valence-electron chi connectivity index (χ0n) is 8.89. The van der Waals surface area contributed by atoms with E-state index < -0.39 is 0 Å². The summed E-state index contributed by atoms with van der Waals surface area (Å²) in [4.78, 5) is 2.18. The normalized spacial score (nSPS) is 10.5. The fraction of sp³-hybridized carbons (Fsp3) is 0.600. The van der Waals surface area contributed by atoms with Crippen LogP contribution in [0.15, 0.2) is 0 Å². The summed E-state index contributed by atoms with van der Waals surface area (Å²) >= 11 is 10.4. The summed E-state index contributed by atoms with van der Waals surface area (Å²) in [6.45, 7) is 6.13. The largest absolute Gasteiger partial charge is 0.382 e. The lowest BCUT2D eigenvalue weighted by Gasteiger charge is -2.25. The van der Waals surface area contributed by atoms with Gasteiger partial charge in [0, 0.05) is 20.1 Å². The van der Waals surface area contributed by atoms with Crippen LogP contribution in [-0.4, -0.2) is 20.1 Å². The van der Waals surface area contributed by atoms with Crippen LogP contribution in [0.25, 0.3) is 0 Å². The van der Waals surface area contributed by atoms with E-state index in [4.69, 9.17) is 24.4 Å². The molecule has 0 bridgehead atoms. The standard InChI is InChI=1S/C10H16N2S2/c1-4-6-12(3)8-7(11-5-2)9(13)10(8)14/h11H,4-6H2,1-3H3. The van der Waals surface area contributed by atoms with E-state index >= 15 is 0 Å². The van der Waals surface area contributed by atoms with Gasteiger partial charge >= 0.3 is 0 Å². The molecule has 1 rings (SSSR count). The van der Waals surface area contributed by atoms with Crippen molar-refractivity contribution in [3.8, 4) is 0 Å². The zero-order valence-corrected chi connectivity index (χ0v) is 10.5. The smallest absolute Gasteiger partial charge is 0.0834 e. The number of nitrogens with one attached hydrogen (secondary N) is 1. The van der Waals surface area contributed by atoms with Gasteiger partial charge in [0.05, 0.1) is 20.4 Å². The van der Waals surface area contributed by atoms with Gasteiger partial charge in [-0.25, -0.2) is 0 Å². The van der Waals surface area contributed by atoms with Crippen LogP contribution in [0.3, 0.4) is 0 Å². The molecule has 0 aromatic heterocycles. The molecule has 0 atom stereocenters. The molecule has 1 N–H and O–H groups in total. The highest BCUT2D eigenvalue weighted by molar-refractivity contribution is 7.74. The first-order valence-corrected chi connectivity index (χ1v) is 5.73. The SMILES string of the molecule is CCCN(C)c1c(NCC)c(=S)c1=S. The number of hydrogen-bond donors (Lipinski definition) is 1. The first-order valence-electron chi connectivity index (χ1n) is 4.91. The van der Waals surface area contributed by atoms with E-state index in [1.165, 1.54) is 0 Å². The lowest BCUT2D eigenvalue weighted by Crippen LogP contribution is -2.22. The summed E-state index contributed by atoms with van der Waals surface area (Å²) in [7, 11) is 2.06. The molecule has 2 nitrogen and oxygen atoms in total. The van der Waals surface area contributed by atoms with Gasteiger partial charge in [-0.2, -0.15) is 0 Å². The minimum Gasteiger partial charge on any atom is -0.382 e. The van der Waals surface area contributed by atoms with E-state index in [2.05, 4.69) is 31.1 Å². The molecule has 4 heteroatoms. The Kier molecular flexibility index (Phi) is 4.01. The fourth-order valence-corrected chi connectivity index (χ4v) is 2.16. The second-order valence-corrected chi connectivity index (χ2v) is 4.15. The Labute approximate surface area is 95.6 Å². The maximum Gasteiger partial charge on any atom is 0.0834 e. The fourth-order valence-electron chi connectivity index (χ4n) is 1.53. The van der Waals surface area contributed by atoms with Gasteiger partial charge in [-0.05, 0) is 13.3 Å². The van der Waals surface area contributed by atoms with Gasteiger partial charge in [0.2, 0.25) is 0 Å². The summed E-state index contributed by atoms with van der Waals surface area (Å²) in [5.74, 6) is 0. The van der Waals surface area contributed by atoms with Crippen LogP contribution in [0.4, 0.5) is 11.4 Å². The number of anilines is 2. The van der Waals surface area contributed by atoms with Crippen molar-refractivity contribution in [3.63, 3.8) is 0 Å². The summed E-state index contributed by atoms with van der Waals surface area (Å²) in [6, 6.07) is 0. The van der Waals surface area contributed by atoms with Gasteiger partial charge < -0.3 is 10.2 Å². The molecule has 14 heavy (non-hydrogen) atoms. The van der Waals surface area contributed by atoms with E-state index in [0.717, 1.165) is 39.9 Å². The first-order chi connectivity index (χ1) is 6.63. The van der Waals surface area contributed by atoms with Gasteiger partial charge in [-0.15, -0.1) is 0 Å². The monoisotopic (exact) mass is 228 g/mol. The van der Waals surface area contributed by atoms with Crippen molar-refractivity contribution >= 4 is 35.8 Å². The molecule has 1 aromatic rings. The molecule has 0 amide bonds. The Hall–Kier alpha value is -0.480. The third-order valence-corrected chi connectivity index (χ3v) is 3.11. The molecular formula is C10H16N2S2. The topological polar surface area (TPSA) is 15.3 Å². The molecule has 0 heterocycles. The predicted molar refractivity (Wildman–Crippen MR) is 68.2 cm³/mol. The summed E-state index contributed by atoms with van der Waals surface area (Å²) in [5, 5.41) is 3.26. The molecule has 0 aliphatic carbocycles. The molecule has 0 aliphatic rings. The average molecular weight is 228 g/mol. The second kappa shape index (κ2) is 4.84. The third kappa shape index (κ3) is 1.96. The van der Waals surface area contributed by atoms with E-state index in [1.807, 2.05) is 0 Å². The second-order valence-electron chi connectivity index (χ2n) is 3.33. The Morgan fingerprint density at radius 3 is 2.36 bits per heavy atom. The zero-order chi connectivity index (χ0) is 10.7. The Bertz CT molecular complexity index is 377. The lowest BCUT2D eigenvalue weighted by molar-refractivity contribution is 0.848. The van der Waals surface area contributed by atoms with Crippen LogP contribution in [0, 0.1) is 9.02 Å². The van der Waals surface area contributed by atoms with Crippen molar-refractivity contribution < 1.29 is 0 Å². The molecule has 0 saturated heterocycles. The van der Waals surface area contributed by atoms with Crippen LogP contribution >= 0.6 is 24.4 Å². The van der Waals surface area contributed by atoms with E-state index in [1.54, 1.807) is 0 Å². The lowest BCUT2D eigenvalue weighted by atomic mass is 10.2. The van der Waals surface area contributed by atoms with Crippen LogP contribution in [0.2, 0.25) is 0 Å². The predicted octanol–water partition coefficient (Wildman–Crippen LogP) is 3.30. The van der Waals surface area contributed by atoms with Gasteiger partial charge in [0.1, 0.15) is 0 Å². The van der Waals surface area contributed by atoms with Gasteiger partial charge in [0.25, 0.3) is 0 Å². The Balaban J connectivity index is 2.92. The van der Waals surface area contributed by atoms with Crippen LogP contribution in [-0.2, 0) is 0 Å². The van der Waals surface area contributed by atoms with Crippen LogP contribution in [0.5, 0.6) is 0 Å². The molecule has 0 saturated carbocycles.